The monoisotopic (exact) mass is 331 g/mol. The molecule has 0 saturated carbocycles. The molecule has 3 nitrogen and oxygen atoms in total. The molecule has 2 heterocycles. The number of pyridine rings is 1. The minimum absolute atomic E-state index is 0.226. The molecule has 2 aromatic heterocycles. The molecular formula is C21H16FN2O+. The van der Waals surface area contributed by atoms with Crippen LogP contribution in [0.5, 0.6) is 0 Å². The number of nitrogens with zero attached hydrogens (tertiary/aromatic N) is 2. The minimum Gasteiger partial charge on any atom is -0.436 e. The van der Waals surface area contributed by atoms with Crippen LogP contribution in [0.25, 0.3) is 22.8 Å². The Morgan fingerprint density at radius 1 is 0.880 bits per heavy atom. The first kappa shape index (κ1) is 15.3. The lowest BCUT2D eigenvalue weighted by atomic mass is 10.2. The van der Waals surface area contributed by atoms with Crippen LogP contribution in [0.15, 0.2) is 89.7 Å². The van der Waals surface area contributed by atoms with Crippen LogP contribution >= 0.6 is 0 Å². The van der Waals surface area contributed by atoms with Gasteiger partial charge in [0.1, 0.15) is 11.4 Å². The van der Waals surface area contributed by atoms with Gasteiger partial charge in [-0.05, 0) is 30.3 Å². The van der Waals surface area contributed by atoms with Gasteiger partial charge in [-0.2, -0.15) is 4.57 Å². The highest BCUT2D eigenvalue weighted by molar-refractivity contribution is 5.60. The maximum atomic E-state index is 13.0. The number of hydrogen-bond acceptors (Lipinski definition) is 2. The van der Waals surface area contributed by atoms with Gasteiger partial charge in [0.05, 0.1) is 6.20 Å². The summed E-state index contributed by atoms with van der Waals surface area (Å²) in [4.78, 5) is 4.39. The van der Waals surface area contributed by atoms with Gasteiger partial charge in [0.2, 0.25) is 5.89 Å². The molecule has 0 atom stereocenters. The molecule has 0 fully saturated rings. The van der Waals surface area contributed by atoms with Crippen LogP contribution in [-0.4, -0.2) is 4.98 Å². The SMILES string of the molecule is Fc1ccc(C[n+]2cccc(-c3ncc(-c4ccccc4)o3)c2)cc1. The lowest BCUT2D eigenvalue weighted by Crippen LogP contribution is -2.33. The molecule has 0 spiro atoms. The second-order valence-corrected chi connectivity index (χ2v) is 5.79. The minimum atomic E-state index is -0.226. The summed E-state index contributed by atoms with van der Waals surface area (Å²) in [5.41, 5.74) is 2.92. The van der Waals surface area contributed by atoms with E-state index in [1.54, 1.807) is 18.3 Å². The van der Waals surface area contributed by atoms with Gasteiger partial charge in [0, 0.05) is 17.2 Å². The Morgan fingerprint density at radius 2 is 1.64 bits per heavy atom. The summed E-state index contributed by atoms with van der Waals surface area (Å²) in [7, 11) is 0. The van der Waals surface area contributed by atoms with E-state index in [9.17, 15) is 4.39 Å². The van der Waals surface area contributed by atoms with E-state index in [-0.39, 0.29) is 5.82 Å². The van der Waals surface area contributed by atoms with E-state index in [0.29, 0.717) is 12.4 Å². The van der Waals surface area contributed by atoms with Crippen molar-refractivity contribution < 1.29 is 13.4 Å². The quantitative estimate of drug-likeness (QED) is 0.516. The van der Waals surface area contributed by atoms with Crippen molar-refractivity contribution in [3.63, 3.8) is 0 Å². The third-order valence-corrected chi connectivity index (χ3v) is 3.95. The Bertz CT molecular complexity index is 978. The third-order valence-electron chi connectivity index (χ3n) is 3.95. The highest BCUT2D eigenvalue weighted by atomic mass is 19.1. The molecular weight excluding hydrogens is 315 g/mol. The summed E-state index contributed by atoms with van der Waals surface area (Å²) in [5.74, 6) is 1.09. The molecule has 0 saturated heterocycles. The van der Waals surface area contributed by atoms with Gasteiger partial charge < -0.3 is 4.42 Å². The van der Waals surface area contributed by atoms with Crippen LogP contribution in [0.3, 0.4) is 0 Å². The zero-order chi connectivity index (χ0) is 17.1. The summed E-state index contributed by atoms with van der Waals surface area (Å²) in [5, 5.41) is 0. The van der Waals surface area contributed by atoms with E-state index in [0.717, 1.165) is 22.5 Å². The molecule has 0 amide bonds. The van der Waals surface area contributed by atoms with Crippen molar-refractivity contribution in [1.29, 1.82) is 0 Å². The van der Waals surface area contributed by atoms with Crippen molar-refractivity contribution in [2.45, 2.75) is 6.54 Å². The molecule has 0 aliphatic heterocycles. The van der Waals surface area contributed by atoms with Crippen molar-refractivity contribution in [3.05, 3.63) is 96.7 Å². The Labute approximate surface area is 145 Å². The highest BCUT2D eigenvalue weighted by Crippen LogP contribution is 2.24. The van der Waals surface area contributed by atoms with E-state index in [2.05, 4.69) is 4.98 Å². The zero-order valence-electron chi connectivity index (χ0n) is 13.5. The molecule has 4 heteroatoms. The highest BCUT2D eigenvalue weighted by Gasteiger charge is 2.12. The molecule has 0 aliphatic carbocycles. The molecule has 0 N–H and O–H groups in total. The lowest BCUT2D eigenvalue weighted by molar-refractivity contribution is -0.687. The first-order valence-electron chi connectivity index (χ1n) is 8.03. The molecule has 25 heavy (non-hydrogen) atoms. The van der Waals surface area contributed by atoms with Gasteiger partial charge in [-0.25, -0.2) is 9.37 Å². The molecule has 0 radical (unpaired) electrons. The Morgan fingerprint density at radius 3 is 2.44 bits per heavy atom. The van der Waals surface area contributed by atoms with Crippen LogP contribution in [-0.2, 0) is 6.54 Å². The summed E-state index contributed by atoms with van der Waals surface area (Å²) in [6, 6.07) is 20.3. The van der Waals surface area contributed by atoms with Gasteiger partial charge in [-0.15, -0.1) is 0 Å². The lowest BCUT2D eigenvalue weighted by Gasteiger charge is -2.00. The molecule has 0 unspecified atom stereocenters. The first-order chi connectivity index (χ1) is 12.3. The predicted octanol–water partition coefficient (Wildman–Crippen LogP) is 4.48. The van der Waals surface area contributed by atoms with E-state index in [1.165, 1.54) is 12.1 Å². The van der Waals surface area contributed by atoms with E-state index < -0.39 is 0 Å². The van der Waals surface area contributed by atoms with Crippen LogP contribution < -0.4 is 4.57 Å². The number of rotatable bonds is 4. The Hall–Kier alpha value is -3.27. The van der Waals surface area contributed by atoms with Crippen molar-refractivity contribution in [2.75, 3.05) is 0 Å². The number of aromatic nitrogens is 2. The van der Waals surface area contributed by atoms with E-state index >= 15 is 0 Å². The van der Waals surface area contributed by atoms with Crippen molar-refractivity contribution in [1.82, 2.24) is 4.98 Å². The average Bonchev–Trinajstić information content (AvgIpc) is 3.15. The molecule has 4 aromatic rings. The van der Waals surface area contributed by atoms with Gasteiger partial charge in [-0.1, -0.05) is 30.3 Å². The molecule has 0 bridgehead atoms. The standard InChI is InChI=1S/C21H16FN2O/c22-19-10-8-16(9-11-19)14-24-12-4-7-18(15-24)21-23-13-20(25-21)17-5-2-1-3-6-17/h1-13,15H,14H2/q+1. The second kappa shape index (κ2) is 6.69. The van der Waals surface area contributed by atoms with Crippen LogP contribution in [0.1, 0.15) is 5.56 Å². The topological polar surface area (TPSA) is 29.9 Å². The fraction of sp³-hybridized carbons (Fsp3) is 0.0476. The summed E-state index contributed by atoms with van der Waals surface area (Å²) in [6.45, 7) is 0.653. The van der Waals surface area contributed by atoms with Crippen LogP contribution in [0.4, 0.5) is 4.39 Å². The third kappa shape index (κ3) is 3.48. The second-order valence-electron chi connectivity index (χ2n) is 5.79. The smallest absolute Gasteiger partial charge is 0.232 e. The largest absolute Gasteiger partial charge is 0.436 e. The van der Waals surface area contributed by atoms with Crippen molar-refractivity contribution in [3.8, 4) is 22.8 Å². The molecule has 0 aliphatic rings. The van der Waals surface area contributed by atoms with Crippen molar-refractivity contribution >= 4 is 0 Å². The van der Waals surface area contributed by atoms with Gasteiger partial charge in [0.15, 0.2) is 24.7 Å². The van der Waals surface area contributed by atoms with Gasteiger partial charge in [0.25, 0.3) is 0 Å². The summed E-state index contributed by atoms with van der Waals surface area (Å²) >= 11 is 0. The summed E-state index contributed by atoms with van der Waals surface area (Å²) < 4.78 is 21.0. The fourth-order valence-electron chi connectivity index (χ4n) is 2.69. The maximum Gasteiger partial charge on any atom is 0.232 e. The zero-order valence-corrected chi connectivity index (χ0v) is 13.5. The number of benzene rings is 2. The number of halogens is 1. The van der Waals surface area contributed by atoms with Crippen LogP contribution in [0.2, 0.25) is 0 Å². The Kier molecular flexibility index (Phi) is 4.09. The van der Waals surface area contributed by atoms with E-state index in [4.69, 9.17) is 4.42 Å². The Balaban J connectivity index is 1.59. The normalized spacial score (nSPS) is 10.8. The predicted molar refractivity (Wildman–Crippen MR) is 93.1 cm³/mol. The van der Waals surface area contributed by atoms with Gasteiger partial charge in [-0.3, -0.25) is 0 Å². The van der Waals surface area contributed by atoms with Crippen molar-refractivity contribution in [2.24, 2.45) is 0 Å². The molecule has 122 valence electrons. The molecule has 4 rings (SSSR count). The fourth-order valence-corrected chi connectivity index (χ4v) is 2.69. The maximum absolute atomic E-state index is 13.0. The molecule has 2 aromatic carbocycles. The number of oxazole rings is 1. The average molecular weight is 331 g/mol. The van der Waals surface area contributed by atoms with Crippen LogP contribution in [0, 0.1) is 5.82 Å². The number of hydrogen-bond donors (Lipinski definition) is 0. The first-order valence-corrected chi connectivity index (χ1v) is 8.03. The summed E-state index contributed by atoms with van der Waals surface area (Å²) in [6.07, 6.45) is 5.68. The van der Waals surface area contributed by atoms with Gasteiger partial charge >= 0.3 is 0 Å². The van der Waals surface area contributed by atoms with E-state index in [1.807, 2.05) is 59.4 Å².